The molecule has 2 bridgehead atoms. The molecule has 3 saturated carbocycles. The van der Waals surface area contributed by atoms with Crippen molar-refractivity contribution < 1.29 is 65.2 Å². The molecule has 16 heterocycles. The van der Waals surface area contributed by atoms with Crippen LogP contribution >= 0.6 is 11.6 Å². The van der Waals surface area contributed by atoms with E-state index in [0.29, 0.717) is 122 Å². The molecule has 0 radical (unpaired) electrons. The number of carbonyl (C=O) groups excluding carboxylic acids is 4. The molecule has 664 valence electrons. The number of anilines is 12. The lowest BCUT2D eigenvalue weighted by molar-refractivity contribution is -0.118. The summed E-state index contributed by atoms with van der Waals surface area (Å²) < 4.78 is 103. The molecule has 49 heteroatoms. The minimum absolute atomic E-state index is 0.00949. The van der Waals surface area contributed by atoms with E-state index < -0.39 is 66.6 Å². The first-order chi connectivity index (χ1) is 60.6. The molecule has 12 aromatic rings. The molecular formula is C77H91ClF4N34O10. The molecule has 4 aliphatic heterocycles. The zero-order chi connectivity index (χ0) is 89.3. The lowest BCUT2D eigenvalue weighted by atomic mass is 9.43. The summed E-state index contributed by atoms with van der Waals surface area (Å²) in [5.74, 6) is 4.82. The van der Waals surface area contributed by atoms with Crippen LogP contribution in [0.1, 0.15) is 25.0 Å². The van der Waals surface area contributed by atoms with E-state index in [9.17, 15) is 36.7 Å². The largest absolute Gasteiger partial charge is 0.481 e. The van der Waals surface area contributed by atoms with Crippen LogP contribution in [0.5, 0.6) is 35.3 Å². The van der Waals surface area contributed by atoms with Gasteiger partial charge in [0.05, 0.1) is 149 Å². The van der Waals surface area contributed by atoms with Gasteiger partial charge in [0.2, 0.25) is 52.9 Å². The smallest absolute Gasteiger partial charge is 0.256 e. The Kier molecular flexibility index (Phi) is 24.6. The van der Waals surface area contributed by atoms with Crippen molar-refractivity contribution in [3.05, 3.63) is 123 Å². The van der Waals surface area contributed by atoms with Gasteiger partial charge in [-0.05, 0) is 49.5 Å². The number of carbonyl (C=O) groups is 4. The van der Waals surface area contributed by atoms with Crippen LogP contribution in [0.4, 0.5) is 87.1 Å². The highest BCUT2D eigenvalue weighted by molar-refractivity contribution is 6.29. The van der Waals surface area contributed by atoms with Crippen LogP contribution in [0.2, 0.25) is 5.15 Å². The number of fused-ring (bicyclic) bond motifs is 4. The van der Waals surface area contributed by atoms with Gasteiger partial charge in [0.15, 0.2) is 45.4 Å². The first-order valence-electron chi connectivity index (χ1n) is 39.3. The number of hydrogen-bond donors (Lipinski definition) is 8. The molecule has 44 nitrogen and oxygen atoms in total. The third-order valence-corrected chi connectivity index (χ3v) is 22.0. The second kappa shape index (κ2) is 36.0. The fourth-order valence-electron chi connectivity index (χ4n) is 15.6. The van der Waals surface area contributed by atoms with Crippen molar-refractivity contribution >= 4 is 127 Å². The van der Waals surface area contributed by atoms with Gasteiger partial charge in [-0.15, -0.1) is 30.6 Å². The molecule has 7 aliphatic rings. The molecule has 8 atom stereocenters. The maximum Gasteiger partial charge on any atom is 0.256 e. The van der Waals surface area contributed by atoms with E-state index in [1.54, 1.807) is 97.1 Å². The van der Waals surface area contributed by atoms with Crippen molar-refractivity contribution in [3.8, 4) is 35.3 Å². The molecule has 126 heavy (non-hydrogen) atoms. The highest BCUT2D eigenvalue weighted by Gasteiger charge is 2.59. The van der Waals surface area contributed by atoms with Gasteiger partial charge in [-0.2, -0.15) is 19.0 Å². The van der Waals surface area contributed by atoms with Gasteiger partial charge in [-0.3, -0.25) is 46.7 Å². The molecule has 19 rings (SSSR count). The third kappa shape index (κ3) is 17.5. The van der Waals surface area contributed by atoms with E-state index in [1.807, 2.05) is 30.5 Å². The maximum absolute atomic E-state index is 14.8. The molecule has 4 amide bonds. The normalized spacial score (nSPS) is 20.8. The monoisotopic (exact) mass is 1760 g/mol. The second-order valence-corrected chi connectivity index (χ2v) is 30.6. The van der Waals surface area contributed by atoms with Crippen LogP contribution in [0, 0.1) is 5.92 Å². The van der Waals surface area contributed by atoms with Gasteiger partial charge in [-0.1, -0.05) is 37.9 Å². The van der Waals surface area contributed by atoms with Crippen molar-refractivity contribution in [2.45, 2.75) is 73.5 Å². The van der Waals surface area contributed by atoms with Gasteiger partial charge < -0.3 is 90.6 Å². The Bertz CT molecular complexity index is 5930. The first kappa shape index (κ1) is 86.2. The van der Waals surface area contributed by atoms with Crippen LogP contribution in [-0.2, 0) is 52.8 Å². The van der Waals surface area contributed by atoms with Crippen molar-refractivity contribution in [3.63, 3.8) is 0 Å². The maximum atomic E-state index is 14.8. The van der Waals surface area contributed by atoms with Crippen molar-refractivity contribution in [1.29, 1.82) is 0 Å². The number of aryl methyl sites for hydroxylation is 4. The molecule has 8 unspecified atom stereocenters. The number of amides is 4. The Morgan fingerprint density at radius 3 is 1.10 bits per heavy atom. The number of aromatic nitrogens is 22. The number of ether oxygens (including phenoxy) is 6. The number of hydrogen-bond acceptors (Lipinski definition) is 32. The van der Waals surface area contributed by atoms with Crippen molar-refractivity contribution in [2.24, 2.45) is 34.1 Å². The van der Waals surface area contributed by atoms with Gasteiger partial charge in [0.25, 0.3) is 23.5 Å². The Hall–Kier alpha value is -14.8. The summed E-state index contributed by atoms with van der Waals surface area (Å²) in [4.78, 5) is 89.6. The van der Waals surface area contributed by atoms with E-state index in [2.05, 4.69) is 134 Å². The van der Waals surface area contributed by atoms with Crippen LogP contribution in [0.25, 0.3) is 22.6 Å². The Morgan fingerprint density at radius 2 is 0.730 bits per heavy atom. The summed E-state index contributed by atoms with van der Waals surface area (Å²) in [6.07, 6.45) is 20.1. The van der Waals surface area contributed by atoms with E-state index in [1.165, 1.54) is 81.9 Å². The lowest BCUT2D eigenvalue weighted by Gasteiger charge is -2.61. The molecule has 12 aromatic heterocycles. The van der Waals surface area contributed by atoms with Gasteiger partial charge in [0, 0.05) is 71.7 Å². The van der Waals surface area contributed by atoms with Crippen molar-refractivity contribution in [2.75, 3.05) is 136 Å². The quantitative estimate of drug-likeness (QED) is 0.0256. The summed E-state index contributed by atoms with van der Waals surface area (Å²) in [6, 6.07) is -2.70. The minimum Gasteiger partial charge on any atom is -0.481 e. The summed E-state index contributed by atoms with van der Waals surface area (Å²) in [6.45, 7) is 14.8. The fraction of sp³-hybridized carbons (Fsp3) is 0.403. The highest BCUT2D eigenvalue weighted by atomic mass is 35.5. The van der Waals surface area contributed by atoms with Crippen molar-refractivity contribution in [1.82, 2.24) is 128 Å². The molecular weight excluding hydrogens is 1670 g/mol. The number of rotatable bonds is 27. The third-order valence-electron chi connectivity index (χ3n) is 21.8. The number of imidazole rings is 4. The minimum atomic E-state index is -1.29. The van der Waals surface area contributed by atoms with E-state index in [4.69, 9.17) is 50.0 Å². The Labute approximate surface area is 720 Å². The average molecular weight is 1760 g/mol. The van der Waals surface area contributed by atoms with E-state index in [0.717, 1.165) is 30.2 Å². The van der Waals surface area contributed by atoms with Crippen LogP contribution in [-0.4, -0.2) is 275 Å². The summed E-state index contributed by atoms with van der Waals surface area (Å²) in [7, 11) is 16.2. The lowest BCUT2D eigenvalue weighted by Crippen LogP contribution is -2.55. The molecule has 7 fully saturated rings. The molecule has 0 aromatic carbocycles. The zero-order valence-electron chi connectivity index (χ0n) is 70.0. The predicted molar refractivity (Wildman–Crippen MR) is 454 cm³/mol. The second-order valence-electron chi connectivity index (χ2n) is 30.2. The standard InChI is InChI=1S/C23H27FN8O2.C19H23FN8O3.C18H22FN9O3.C17H19ClFN9O2/c1-4-19(33)26-15-11-31(9-14(15)24)18-12-32-17(23-5-13(6-23)7-23)8-25-21(32)20(28-18)27-16-10-30(2)29-22(16)34-3;1-5-15(29)22-12-9-27(7-11(12)20)14-10-28-16(30-3)6-21-18(28)17(24-14)23-13-8-26(2)25-19(13)31-4;1-5-13(29)21-11-9-27(7-10(11)19)18-23-15(16-20-6-14(30-3)28(16)25-18)22-12-8-26(2)24-17(12)31-4;1-4-13(29)21-10-8-27(6-9(10)19)17-23-14(15-20-5-12(18)28(15)25-17)22-11-7-26(2)24-16(11)30-3/h4,8,10,12-15H,1,5-7,9,11H2,2-3H3,(H,26,33)(H,27,28);5-6,8,10-12H,1,7,9H2,2-4H3,(H,22,29)(H,23,24);5-6,8,10-11H,1,7,9H2,2-4H3,(H,21,29)(H,22,23,25);4-5,7,9-10H,1,6,8H2,2-3H3,(H,21,29)(H,22,23,25). The van der Waals surface area contributed by atoms with Gasteiger partial charge >= 0.3 is 0 Å². The highest BCUT2D eigenvalue weighted by Crippen LogP contribution is 2.65. The summed E-state index contributed by atoms with van der Waals surface area (Å²) in [5.41, 5.74) is 5.72. The van der Waals surface area contributed by atoms with Gasteiger partial charge in [0.1, 0.15) is 59.1 Å². The molecule has 8 N–H and O–H groups in total. The fourth-order valence-corrected chi connectivity index (χ4v) is 15.8. The zero-order valence-corrected chi connectivity index (χ0v) is 70.7. The SMILES string of the molecule is C=CC(=O)NC1CN(c2cn3c(C45CC(C4)C5)cnc3c(Nc3cn(C)nc3OC)n2)CC1F.C=CC(=O)NC1CN(c2cn3c(OC)cnc3c(Nc3cn(C)nc3OC)n2)CC1F.C=CC(=O)NC1CN(c2nc(Nc3cn(C)nc3OC)c3ncc(Cl)n3n2)CC1F.C=CC(=O)NC1CN(c2nc(Nc3cn(C)nc3OC)c3ncc(OC)n3n2)CC1F. The number of nitrogens with zero attached hydrogens (tertiary/aromatic N) is 26. The Balaban J connectivity index is 0.000000130. The van der Waals surface area contributed by atoms with E-state index in [-0.39, 0.29) is 74.2 Å². The van der Waals surface area contributed by atoms with E-state index >= 15 is 0 Å². The number of halogens is 5. The van der Waals surface area contributed by atoms with Crippen LogP contribution in [0.3, 0.4) is 0 Å². The van der Waals surface area contributed by atoms with Gasteiger partial charge in [-0.25, -0.2) is 47.5 Å². The van der Waals surface area contributed by atoms with Crippen LogP contribution in [0.15, 0.2) is 113 Å². The Morgan fingerprint density at radius 1 is 0.405 bits per heavy atom. The predicted octanol–water partition coefficient (Wildman–Crippen LogP) is 4.69. The molecule has 3 aliphatic carbocycles. The molecule has 4 saturated heterocycles. The summed E-state index contributed by atoms with van der Waals surface area (Å²) >= 11 is 6.21. The average Bonchev–Trinajstić information content (AvgIpc) is 1.31. The first-order valence-corrected chi connectivity index (χ1v) is 39.7. The number of nitrogens with one attached hydrogen (secondary N) is 8. The summed E-state index contributed by atoms with van der Waals surface area (Å²) in [5, 5.41) is 49.3. The molecule has 0 spiro atoms. The topological polar surface area (TPSA) is 451 Å². The number of methoxy groups -OCH3 is 6. The van der Waals surface area contributed by atoms with Crippen LogP contribution < -0.4 is 90.6 Å². The number of alkyl halides is 4.